The van der Waals surface area contributed by atoms with E-state index >= 15 is 0 Å². The lowest BCUT2D eigenvalue weighted by Gasteiger charge is -2.33. The molecule has 21 heavy (non-hydrogen) atoms. The van der Waals surface area contributed by atoms with Crippen LogP contribution in [0.5, 0.6) is 0 Å². The van der Waals surface area contributed by atoms with Crippen LogP contribution in [0, 0.1) is 28.3 Å². The summed E-state index contributed by atoms with van der Waals surface area (Å²) in [5.41, 5.74) is -0.520. The molecule has 0 aliphatic carbocycles. The zero-order valence-corrected chi connectivity index (χ0v) is 11.3. The molecule has 0 atom stereocenters. The third-order valence-corrected chi connectivity index (χ3v) is 3.37. The van der Waals surface area contributed by atoms with E-state index < -0.39 is 16.4 Å². The van der Waals surface area contributed by atoms with Crippen LogP contribution in [-0.4, -0.2) is 53.4 Å². The van der Waals surface area contributed by atoms with E-state index in [9.17, 15) is 19.3 Å². The van der Waals surface area contributed by atoms with Gasteiger partial charge in [-0.25, -0.2) is 0 Å². The van der Waals surface area contributed by atoms with E-state index in [2.05, 4.69) is 5.92 Å². The van der Waals surface area contributed by atoms with E-state index in [0.717, 1.165) is 12.1 Å². The molecular weight excluding hydrogens is 277 g/mol. The summed E-state index contributed by atoms with van der Waals surface area (Å²) in [5.74, 6) is 1.21. The molecule has 1 aliphatic rings. The number of hydrogen-bond acceptors (Lipinski definition) is 4. The van der Waals surface area contributed by atoms with Crippen molar-refractivity contribution in [1.29, 1.82) is 0 Å². The van der Waals surface area contributed by atoms with Crippen molar-refractivity contribution in [3.8, 4) is 12.3 Å². The molecule has 0 unspecified atom stereocenters. The van der Waals surface area contributed by atoms with Crippen LogP contribution in [-0.2, 0) is 0 Å². The molecule has 1 amide bonds. The highest BCUT2D eigenvalue weighted by molar-refractivity contribution is 5.94. The second-order valence-electron chi connectivity index (χ2n) is 4.70. The molecule has 7 heteroatoms. The number of nitrogens with zero attached hydrogens (tertiary/aromatic N) is 3. The Bertz CT molecular complexity index is 604. The predicted octanol–water partition coefficient (Wildman–Crippen LogP) is 1.12. The molecule has 1 fully saturated rings. The first kappa shape index (κ1) is 14.9. The molecule has 0 saturated carbocycles. The Labute approximate surface area is 121 Å². The van der Waals surface area contributed by atoms with Crippen molar-refractivity contribution in [3.05, 3.63) is 39.7 Å². The fourth-order valence-electron chi connectivity index (χ4n) is 2.21. The number of rotatable bonds is 3. The Hall–Kier alpha value is -2.46. The van der Waals surface area contributed by atoms with E-state index in [-0.39, 0.29) is 11.5 Å². The normalized spacial score (nSPS) is 15.5. The highest BCUT2D eigenvalue weighted by atomic mass is 19.1. The number of nitro groups is 1. The van der Waals surface area contributed by atoms with Gasteiger partial charge in [-0.3, -0.25) is 19.8 Å². The summed E-state index contributed by atoms with van der Waals surface area (Å²) in [5, 5.41) is 10.6. The van der Waals surface area contributed by atoms with Crippen LogP contribution in [0.2, 0.25) is 0 Å². The molecule has 1 aromatic rings. The summed E-state index contributed by atoms with van der Waals surface area (Å²) >= 11 is 0. The lowest BCUT2D eigenvalue weighted by molar-refractivity contribution is -0.387. The summed E-state index contributed by atoms with van der Waals surface area (Å²) in [6.07, 6.45) is 5.23. The minimum atomic E-state index is -1.00. The van der Waals surface area contributed by atoms with E-state index in [4.69, 9.17) is 6.42 Å². The van der Waals surface area contributed by atoms with Gasteiger partial charge in [0.25, 0.3) is 5.91 Å². The Morgan fingerprint density at radius 2 is 2.05 bits per heavy atom. The van der Waals surface area contributed by atoms with Gasteiger partial charge in [0.05, 0.1) is 11.5 Å². The zero-order valence-electron chi connectivity index (χ0n) is 11.3. The maximum absolute atomic E-state index is 13.5. The maximum Gasteiger partial charge on any atom is 0.304 e. The summed E-state index contributed by atoms with van der Waals surface area (Å²) in [6.45, 7) is 2.85. The molecule has 0 aromatic heterocycles. The van der Waals surface area contributed by atoms with E-state index in [0.29, 0.717) is 32.7 Å². The molecule has 6 nitrogen and oxygen atoms in total. The number of nitro benzene ring substituents is 1. The smallest absolute Gasteiger partial charge is 0.304 e. The molecule has 0 spiro atoms. The SMILES string of the molecule is C#CCN1CCN(C(=O)c2ccc([N+](=O)[O-])c(F)c2)CC1. The molecule has 1 aromatic carbocycles. The van der Waals surface area contributed by atoms with E-state index in [1.54, 1.807) is 4.90 Å². The van der Waals surface area contributed by atoms with Crippen molar-refractivity contribution < 1.29 is 14.1 Å². The fraction of sp³-hybridized carbons (Fsp3) is 0.357. The van der Waals surface area contributed by atoms with Crippen LogP contribution in [0.1, 0.15) is 10.4 Å². The first-order valence-electron chi connectivity index (χ1n) is 6.42. The minimum Gasteiger partial charge on any atom is -0.336 e. The maximum atomic E-state index is 13.5. The average Bonchev–Trinajstić information content (AvgIpc) is 2.47. The summed E-state index contributed by atoms with van der Waals surface area (Å²) < 4.78 is 13.5. The van der Waals surface area contributed by atoms with Crippen LogP contribution >= 0.6 is 0 Å². The van der Waals surface area contributed by atoms with Crippen molar-refractivity contribution in [2.45, 2.75) is 0 Å². The van der Waals surface area contributed by atoms with Gasteiger partial charge in [0.1, 0.15) is 0 Å². The van der Waals surface area contributed by atoms with E-state index in [1.807, 2.05) is 4.90 Å². The highest BCUT2D eigenvalue weighted by Crippen LogP contribution is 2.19. The van der Waals surface area contributed by atoms with Gasteiger partial charge in [-0.1, -0.05) is 5.92 Å². The molecule has 1 heterocycles. The van der Waals surface area contributed by atoms with Gasteiger partial charge in [0.15, 0.2) is 0 Å². The third-order valence-electron chi connectivity index (χ3n) is 3.37. The summed E-state index contributed by atoms with van der Waals surface area (Å²) in [6, 6.07) is 3.20. The monoisotopic (exact) mass is 291 g/mol. The molecule has 110 valence electrons. The van der Waals surface area contributed by atoms with Gasteiger partial charge in [-0.05, 0) is 12.1 Å². The Kier molecular flexibility index (Phi) is 4.50. The molecule has 0 radical (unpaired) electrons. The van der Waals surface area contributed by atoms with Crippen LogP contribution in [0.4, 0.5) is 10.1 Å². The van der Waals surface area contributed by atoms with Crippen molar-refractivity contribution >= 4 is 11.6 Å². The first-order valence-corrected chi connectivity index (χ1v) is 6.42. The standard InChI is InChI=1S/C14H14FN3O3/c1-2-5-16-6-8-17(9-7-16)14(19)11-3-4-13(18(20)21)12(15)10-11/h1,3-4,10H,5-9H2. The summed E-state index contributed by atoms with van der Waals surface area (Å²) in [4.78, 5) is 25.6. The number of carbonyl (C=O) groups is 1. The lowest BCUT2D eigenvalue weighted by atomic mass is 10.1. The predicted molar refractivity (Wildman–Crippen MR) is 74.2 cm³/mol. The van der Waals surface area contributed by atoms with Crippen LogP contribution < -0.4 is 0 Å². The third kappa shape index (κ3) is 3.35. The van der Waals surface area contributed by atoms with Crippen molar-refractivity contribution in [1.82, 2.24) is 9.80 Å². The average molecular weight is 291 g/mol. The van der Waals surface area contributed by atoms with Crippen molar-refractivity contribution in [2.24, 2.45) is 0 Å². The van der Waals surface area contributed by atoms with Gasteiger partial charge in [-0.15, -0.1) is 6.42 Å². The van der Waals surface area contributed by atoms with Gasteiger partial charge in [0, 0.05) is 37.8 Å². The van der Waals surface area contributed by atoms with Crippen LogP contribution in [0.15, 0.2) is 18.2 Å². The van der Waals surface area contributed by atoms with Crippen molar-refractivity contribution in [2.75, 3.05) is 32.7 Å². The van der Waals surface area contributed by atoms with Gasteiger partial charge in [0.2, 0.25) is 5.82 Å². The van der Waals surface area contributed by atoms with Gasteiger partial charge < -0.3 is 4.90 Å². The topological polar surface area (TPSA) is 66.7 Å². The van der Waals surface area contributed by atoms with Gasteiger partial charge >= 0.3 is 5.69 Å². The summed E-state index contributed by atoms with van der Waals surface area (Å²) in [7, 11) is 0. The lowest BCUT2D eigenvalue weighted by Crippen LogP contribution is -2.48. The zero-order chi connectivity index (χ0) is 15.4. The van der Waals surface area contributed by atoms with Crippen LogP contribution in [0.25, 0.3) is 0 Å². The van der Waals surface area contributed by atoms with Crippen molar-refractivity contribution in [3.63, 3.8) is 0 Å². The number of terminal acetylenes is 1. The second kappa shape index (κ2) is 6.33. The Balaban J connectivity index is 2.06. The number of piperazine rings is 1. The highest BCUT2D eigenvalue weighted by Gasteiger charge is 2.23. The molecule has 1 saturated heterocycles. The quantitative estimate of drug-likeness (QED) is 0.475. The van der Waals surface area contributed by atoms with Gasteiger partial charge in [-0.2, -0.15) is 4.39 Å². The van der Waals surface area contributed by atoms with Crippen LogP contribution in [0.3, 0.4) is 0 Å². The van der Waals surface area contributed by atoms with E-state index in [1.165, 1.54) is 6.07 Å². The molecular formula is C14H14FN3O3. The second-order valence-corrected chi connectivity index (χ2v) is 4.70. The number of amides is 1. The number of benzene rings is 1. The molecule has 1 aliphatic heterocycles. The largest absolute Gasteiger partial charge is 0.336 e. The Morgan fingerprint density at radius 1 is 1.38 bits per heavy atom. The number of hydrogen-bond donors (Lipinski definition) is 0. The molecule has 0 bridgehead atoms. The molecule has 0 N–H and O–H groups in total. The molecule has 2 rings (SSSR count). The number of carbonyl (C=O) groups excluding carboxylic acids is 1. The fourth-order valence-corrected chi connectivity index (χ4v) is 2.21. The minimum absolute atomic E-state index is 0.114. The first-order chi connectivity index (χ1) is 10.0. The Morgan fingerprint density at radius 3 is 2.57 bits per heavy atom. The number of halogens is 1.